The molecule has 1 aliphatic heterocycles. The van der Waals surface area contributed by atoms with Crippen LogP contribution in [0.3, 0.4) is 0 Å². The van der Waals surface area contributed by atoms with E-state index >= 15 is 0 Å². The van der Waals surface area contributed by atoms with Crippen LogP contribution in [0, 0.1) is 23.2 Å². The average Bonchev–Trinajstić information content (AvgIpc) is 2.91. The number of nitrogens with two attached hydrogens (primary N) is 2. The highest BCUT2D eigenvalue weighted by Gasteiger charge is 2.62. The SMILES string of the molecule is CC(C)[C@H](N)C(=O)NS(=O)(=O)CC(=O)C[C@]1(C(=O)O)[C@@H]2CN(C)C=C(C(N)=O)[C@@H]2C[C@@H]1O. The molecular weight excluding hydrogens is 444 g/mol. The molecule has 0 saturated heterocycles. The molecular formula is C19H30N4O8S. The predicted octanol–water partition coefficient (Wildman–Crippen LogP) is -2.24. The third-order valence-corrected chi connectivity index (χ3v) is 7.48. The number of rotatable bonds is 9. The largest absolute Gasteiger partial charge is 0.481 e. The van der Waals surface area contributed by atoms with E-state index in [0.29, 0.717) is 0 Å². The number of carboxylic acid groups (broad SMARTS) is 1. The Morgan fingerprint density at radius 3 is 2.41 bits per heavy atom. The van der Waals surface area contributed by atoms with Gasteiger partial charge in [0.1, 0.15) is 11.2 Å². The maximum atomic E-state index is 12.7. The summed E-state index contributed by atoms with van der Waals surface area (Å²) in [6.45, 7) is 3.35. The highest BCUT2D eigenvalue weighted by Crippen LogP contribution is 2.54. The van der Waals surface area contributed by atoms with Crippen molar-refractivity contribution in [2.45, 2.75) is 38.8 Å². The molecule has 0 bridgehead atoms. The standard InChI is InChI=1S/C19H30N4O8S/c1-9(2)15(20)17(27)22-32(30,31)8-10(24)5-19(18(28)29)13-7-23(3)6-12(16(21)26)11(13)4-14(19)25/h6,9,11,13-15,25H,4-5,7-8,20H2,1-3H3,(H2,21,26)(H,22,27)(H,28,29)/t11-,13+,14-,15-,19-/m0/s1. The molecule has 0 aromatic rings. The van der Waals surface area contributed by atoms with Crippen molar-refractivity contribution in [1.29, 1.82) is 0 Å². The molecule has 1 aliphatic carbocycles. The Hall–Kier alpha value is -2.51. The lowest BCUT2D eigenvalue weighted by Crippen LogP contribution is -2.51. The van der Waals surface area contributed by atoms with Crippen LogP contribution in [0.4, 0.5) is 0 Å². The second-order valence-electron chi connectivity index (χ2n) is 8.91. The third-order valence-electron chi connectivity index (χ3n) is 6.26. The number of aliphatic hydroxyl groups is 1. The van der Waals surface area contributed by atoms with Gasteiger partial charge in [-0.25, -0.2) is 8.42 Å². The lowest BCUT2D eigenvalue weighted by Gasteiger charge is -2.40. The number of hydrogen-bond acceptors (Lipinski definition) is 9. The molecule has 0 aromatic heterocycles. The molecule has 13 heteroatoms. The number of fused-ring (bicyclic) bond motifs is 1. The zero-order valence-electron chi connectivity index (χ0n) is 18.1. The molecule has 2 rings (SSSR count). The molecule has 180 valence electrons. The summed E-state index contributed by atoms with van der Waals surface area (Å²) >= 11 is 0. The van der Waals surface area contributed by atoms with Gasteiger partial charge < -0.3 is 26.6 Å². The summed E-state index contributed by atoms with van der Waals surface area (Å²) in [5, 5.41) is 20.7. The van der Waals surface area contributed by atoms with E-state index in [2.05, 4.69) is 0 Å². The third kappa shape index (κ3) is 4.94. The molecule has 1 fully saturated rings. The van der Waals surface area contributed by atoms with Gasteiger partial charge in [0.2, 0.25) is 15.9 Å². The number of aliphatic carboxylic acids is 1. The summed E-state index contributed by atoms with van der Waals surface area (Å²) in [7, 11) is -2.84. The molecule has 2 amide bonds. The van der Waals surface area contributed by atoms with Gasteiger partial charge in [-0.15, -0.1) is 0 Å². The topological polar surface area (TPSA) is 210 Å². The molecule has 1 saturated carbocycles. The van der Waals surface area contributed by atoms with E-state index in [0.717, 1.165) is 0 Å². The van der Waals surface area contributed by atoms with E-state index in [1.165, 1.54) is 6.20 Å². The van der Waals surface area contributed by atoms with Crippen LogP contribution in [0.5, 0.6) is 0 Å². The maximum absolute atomic E-state index is 12.7. The number of hydrogen-bond donors (Lipinski definition) is 5. The van der Waals surface area contributed by atoms with Gasteiger partial charge in [0.05, 0.1) is 12.1 Å². The van der Waals surface area contributed by atoms with Crippen molar-refractivity contribution in [2.75, 3.05) is 19.3 Å². The Kier molecular flexibility index (Phi) is 7.37. The summed E-state index contributed by atoms with van der Waals surface area (Å²) in [5.74, 6) is -7.28. The van der Waals surface area contributed by atoms with Gasteiger partial charge in [-0.3, -0.25) is 23.9 Å². The lowest BCUT2D eigenvalue weighted by atomic mass is 9.68. The van der Waals surface area contributed by atoms with Crippen molar-refractivity contribution in [3.63, 3.8) is 0 Å². The van der Waals surface area contributed by atoms with Gasteiger partial charge in [-0.2, -0.15) is 0 Å². The highest BCUT2D eigenvalue weighted by molar-refractivity contribution is 7.90. The molecule has 0 spiro atoms. The summed E-state index contributed by atoms with van der Waals surface area (Å²) in [4.78, 5) is 50.3. The predicted molar refractivity (Wildman–Crippen MR) is 112 cm³/mol. The van der Waals surface area contributed by atoms with Crippen molar-refractivity contribution in [2.24, 2.45) is 34.6 Å². The van der Waals surface area contributed by atoms with Crippen molar-refractivity contribution in [1.82, 2.24) is 9.62 Å². The van der Waals surface area contributed by atoms with E-state index in [-0.39, 0.29) is 24.5 Å². The summed E-state index contributed by atoms with van der Waals surface area (Å²) < 4.78 is 26.3. The Labute approximate surface area is 186 Å². The number of sulfonamides is 1. The van der Waals surface area contributed by atoms with Gasteiger partial charge >= 0.3 is 5.97 Å². The quantitative estimate of drug-likeness (QED) is 0.242. The second-order valence-corrected chi connectivity index (χ2v) is 10.6. The molecule has 2 aliphatic rings. The molecule has 32 heavy (non-hydrogen) atoms. The first-order valence-electron chi connectivity index (χ1n) is 10.1. The molecule has 7 N–H and O–H groups in total. The number of Topliss-reactive ketones (excluding diaryl/α,β-unsaturated/α-hetero) is 1. The van der Waals surface area contributed by atoms with Crippen molar-refractivity contribution in [3.05, 3.63) is 11.8 Å². The first kappa shape index (κ1) is 25.7. The molecule has 5 atom stereocenters. The summed E-state index contributed by atoms with van der Waals surface area (Å²) in [6.07, 6.45) is -0.941. The minimum absolute atomic E-state index is 0.112. The highest BCUT2D eigenvalue weighted by atomic mass is 32.2. The zero-order chi connectivity index (χ0) is 24.6. The van der Waals surface area contributed by atoms with Crippen LogP contribution in [-0.2, 0) is 29.2 Å². The monoisotopic (exact) mass is 474 g/mol. The maximum Gasteiger partial charge on any atom is 0.313 e. The fourth-order valence-electron chi connectivity index (χ4n) is 4.57. The Morgan fingerprint density at radius 1 is 1.31 bits per heavy atom. The Morgan fingerprint density at radius 2 is 1.91 bits per heavy atom. The van der Waals surface area contributed by atoms with Crippen LogP contribution < -0.4 is 16.2 Å². The molecule has 1 heterocycles. The minimum atomic E-state index is -4.43. The van der Waals surface area contributed by atoms with E-state index < -0.39 is 75.2 Å². The van der Waals surface area contributed by atoms with E-state index in [1.54, 1.807) is 30.5 Å². The molecule has 12 nitrogen and oxygen atoms in total. The Bertz CT molecular complexity index is 947. The number of carbonyl (C=O) groups excluding carboxylic acids is 3. The van der Waals surface area contributed by atoms with Gasteiger partial charge in [0.25, 0.3) is 5.91 Å². The second kappa shape index (κ2) is 9.16. The van der Waals surface area contributed by atoms with Gasteiger partial charge in [-0.05, 0) is 18.3 Å². The smallest absolute Gasteiger partial charge is 0.313 e. The van der Waals surface area contributed by atoms with Gasteiger partial charge in [0.15, 0.2) is 5.78 Å². The van der Waals surface area contributed by atoms with Crippen LogP contribution in [0.15, 0.2) is 11.8 Å². The summed E-state index contributed by atoms with van der Waals surface area (Å²) in [6, 6.07) is -1.11. The fourth-order valence-corrected chi connectivity index (χ4v) is 5.61. The van der Waals surface area contributed by atoms with Crippen LogP contribution in [0.1, 0.15) is 26.7 Å². The van der Waals surface area contributed by atoms with Crippen LogP contribution >= 0.6 is 0 Å². The number of ketones is 1. The van der Waals surface area contributed by atoms with E-state index in [1.807, 2.05) is 0 Å². The minimum Gasteiger partial charge on any atom is -0.481 e. The first-order valence-corrected chi connectivity index (χ1v) is 11.7. The number of amides is 2. The summed E-state index contributed by atoms with van der Waals surface area (Å²) in [5.41, 5.74) is 9.15. The van der Waals surface area contributed by atoms with E-state index in [4.69, 9.17) is 11.5 Å². The molecule has 0 aromatic carbocycles. The van der Waals surface area contributed by atoms with Crippen molar-refractivity contribution in [3.8, 4) is 0 Å². The van der Waals surface area contributed by atoms with Crippen molar-refractivity contribution >= 4 is 33.6 Å². The van der Waals surface area contributed by atoms with E-state index in [9.17, 15) is 37.8 Å². The lowest BCUT2D eigenvalue weighted by molar-refractivity contribution is -0.162. The van der Waals surface area contributed by atoms with Crippen LogP contribution in [0.25, 0.3) is 0 Å². The average molecular weight is 475 g/mol. The number of primary amides is 1. The van der Waals surface area contributed by atoms with Gasteiger partial charge in [-0.1, -0.05) is 13.8 Å². The van der Waals surface area contributed by atoms with Crippen molar-refractivity contribution < 1.29 is 37.8 Å². The number of aliphatic hydroxyl groups excluding tert-OH is 1. The van der Waals surface area contributed by atoms with Crippen LogP contribution in [-0.4, -0.2) is 78.6 Å². The number of nitrogens with one attached hydrogen (secondary N) is 1. The zero-order valence-corrected chi connectivity index (χ0v) is 19.0. The van der Waals surface area contributed by atoms with Gasteiger partial charge in [0, 0.05) is 37.7 Å². The molecule has 0 radical (unpaired) electrons. The Balaban J connectivity index is 2.27. The fraction of sp³-hybridized carbons (Fsp3) is 0.684. The molecule has 0 unspecified atom stereocenters. The normalized spacial score (nSPS) is 28.6. The number of nitrogens with zero attached hydrogens (tertiary/aromatic N) is 1. The first-order chi connectivity index (χ1) is 14.6. The van der Waals surface area contributed by atoms with Crippen LogP contribution in [0.2, 0.25) is 0 Å². The number of carbonyl (C=O) groups is 4. The number of carboxylic acids is 1.